The van der Waals surface area contributed by atoms with Crippen LogP contribution in [0.2, 0.25) is 5.02 Å². The number of aryl methyl sites for hydroxylation is 1. The predicted molar refractivity (Wildman–Crippen MR) is 155 cm³/mol. The Balaban J connectivity index is 1.60. The molecule has 3 aromatic rings. The van der Waals surface area contributed by atoms with Crippen molar-refractivity contribution in [1.29, 1.82) is 0 Å². The second-order valence-electron chi connectivity index (χ2n) is 9.90. The van der Waals surface area contributed by atoms with E-state index in [0.29, 0.717) is 23.7 Å². The van der Waals surface area contributed by atoms with Crippen LogP contribution in [0, 0.1) is 6.92 Å². The van der Waals surface area contributed by atoms with Gasteiger partial charge in [-0.25, -0.2) is 0 Å². The van der Waals surface area contributed by atoms with Gasteiger partial charge in [0, 0.05) is 28.5 Å². The molecule has 0 aromatic heterocycles. The van der Waals surface area contributed by atoms with E-state index in [1.165, 1.54) is 6.42 Å². The molecule has 1 fully saturated rings. The van der Waals surface area contributed by atoms with Gasteiger partial charge >= 0.3 is 0 Å². The van der Waals surface area contributed by atoms with Crippen molar-refractivity contribution < 1.29 is 14.3 Å². The molecule has 1 N–H and O–H groups in total. The molecule has 5 nitrogen and oxygen atoms in total. The van der Waals surface area contributed by atoms with Gasteiger partial charge < -0.3 is 15.0 Å². The minimum absolute atomic E-state index is 0.117. The fraction of sp³-hybridized carbons (Fsp3) is 0.355. The van der Waals surface area contributed by atoms with E-state index in [4.69, 9.17) is 16.3 Å². The third-order valence-electron chi connectivity index (χ3n) is 6.98. The lowest BCUT2D eigenvalue weighted by Crippen LogP contribution is -2.53. The molecule has 0 saturated heterocycles. The van der Waals surface area contributed by atoms with E-state index >= 15 is 0 Å². The first-order chi connectivity index (χ1) is 18.4. The molecule has 7 heteroatoms. The average molecular weight is 598 g/mol. The number of nitrogens with one attached hydrogen (secondary N) is 1. The molecular formula is C31H34BrClN2O3. The molecular weight excluding hydrogens is 564 g/mol. The topological polar surface area (TPSA) is 58.6 Å². The van der Waals surface area contributed by atoms with Crippen molar-refractivity contribution in [1.82, 2.24) is 10.2 Å². The van der Waals surface area contributed by atoms with E-state index in [9.17, 15) is 9.59 Å². The van der Waals surface area contributed by atoms with E-state index in [2.05, 4.69) is 21.2 Å². The number of benzene rings is 3. The summed E-state index contributed by atoms with van der Waals surface area (Å²) in [6.07, 6.45) is 5.80. The molecule has 0 bridgehead atoms. The van der Waals surface area contributed by atoms with Gasteiger partial charge in [0.1, 0.15) is 11.8 Å². The number of nitrogens with zero attached hydrogens (tertiary/aromatic N) is 1. The van der Waals surface area contributed by atoms with Gasteiger partial charge in [0.05, 0.1) is 0 Å². The van der Waals surface area contributed by atoms with Crippen molar-refractivity contribution in [2.24, 2.45) is 0 Å². The predicted octanol–water partition coefficient (Wildman–Crippen LogP) is 6.88. The highest BCUT2D eigenvalue weighted by Gasteiger charge is 2.32. The zero-order valence-electron chi connectivity index (χ0n) is 21.7. The second kappa shape index (κ2) is 13.8. The van der Waals surface area contributed by atoms with Gasteiger partial charge in [0.15, 0.2) is 6.61 Å². The number of rotatable bonds is 10. The van der Waals surface area contributed by atoms with Crippen LogP contribution in [0.4, 0.5) is 0 Å². The van der Waals surface area contributed by atoms with Crippen LogP contribution < -0.4 is 10.1 Å². The van der Waals surface area contributed by atoms with E-state index < -0.39 is 6.04 Å². The summed E-state index contributed by atoms with van der Waals surface area (Å²) in [4.78, 5) is 29.2. The Bertz CT molecular complexity index is 1210. The Morgan fingerprint density at radius 1 is 1.00 bits per heavy atom. The summed E-state index contributed by atoms with van der Waals surface area (Å²) in [5.74, 6) is 0.198. The lowest BCUT2D eigenvalue weighted by atomic mass is 9.94. The molecule has 0 radical (unpaired) electrons. The third kappa shape index (κ3) is 8.08. The summed E-state index contributed by atoms with van der Waals surface area (Å²) >= 11 is 9.63. The second-order valence-corrected chi connectivity index (χ2v) is 11.2. The SMILES string of the molecule is Cc1cc(OCC(=O)N(Cc2ccc(Br)cc2)[C@@H](Cc2ccccc2)C(=O)NC2CCCCC2)ccc1Cl. The molecule has 0 spiro atoms. The molecule has 0 unspecified atom stereocenters. The van der Waals surface area contributed by atoms with Crippen molar-refractivity contribution >= 4 is 39.3 Å². The first-order valence-electron chi connectivity index (χ1n) is 13.2. The highest BCUT2D eigenvalue weighted by molar-refractivity contribution is 9.10. The molecule has 200 valence electrons. The Morgan fingerprint density at radius 2 is 1.71 bits per heavy atom. The first kappa shape index (κ1) is 28.2. The van der Waals surface area contributed by atoms with Gasteiger partial charge in [0.2, 0.25) is 5.91 Å². The molecule has 0 aliphatic heterocycles. The van der Waals surface area contributed by atoms with Gasteiger partial charge in [-0.05, 0) is 66.8 Å². The number of hydrogen-bond donors (Lipinski definition) is 1. The first-order valence-corrected chi connectivity index (χ1v) is 14.3. The highest BCUT2D eigenvalue weighted by atomic mass is 79.9. The van der Waals surface area contributed by atoms with Crippen LogP contribution in [0.25, 0.3) is 0 Å². The number of carbonyl (C=O) groups excluding carboxylic acids is 2. The summed E-state index contributed by atoms with van der Waals surface area (Å²) < 4.78 is 6.84. The number of hydrogen-bond acceptors (Lipinski definition) is 3. The quantitative estimate of drug-likeness (QED) is 0.277. The number of carbonyl (C=O) groups is 2. The smallest absolute Gasteiger partial charge is 0.261 e. The highest BCUT2D eigenvalue weighted by Crippen LogP contribution is 2.23. The van der Waals surface area contributed by atoms with Gasteiger partial charge in [-0.3, -0.25) is 9.59 Å². The van der Waals surface area contributed by atoms with Crippen LogP contribution in [0.5, 0.6) is 5.75 Å². The van der Waals surface area contributed by atoms with Crippen LogP contribution in [-0.2, 0) is 22.6 Å². The maximum Gasteiger partial charge on any atom is 0.261 e. The van der Waals surface area contributed by atoms with Crippen LogP contribution in [0.3, 0.4) is 0 Å². The number of halogens is 2. The maximum atomic E-state index is 13.8. The van der Waals surface area contributed by atoms with Crippen LogP contribution in [0.15, 0.2) is 77.3 Å². The standard InChI is InChI=1S/C31H34BrClN2O3/c1-22-18-27(16-17-28(22)33)38-21-30(36)35(20-24-12-14-25(32)15-13-24)29(19-23-8-4-2-5-9-23)31(37)34-26-10-6-3-7-11-26/h2,4-5,8-9,12-18,26,29H,3,6-7,10-11,19-21H2,1H3,(H,34,37)/t29-/m0/s1. The lowest BCUT2D eigenvalue weighted by molar-refractivity contribution is -0.143. The average Bonchev–Trinajstić information content (AvgIpc) is 2.93. The molecule has 3 aromatic carbocycles. The monoisotopic (exact) mass is 596 g/mol. The largest absolute Gasteiger partial charge is 0.484 e. The van der Waals surface area contributed by atoms with E-state index in [1.807, 2.05) is 67.6 Å². The summed E-state index contributed by atoms with van der Waals surface area (Å²) in [5, 5.41) is 3.90. The van der Waals surface area contributed by atoms with E-state index in [-0.39, 0.29) is 24.5 Å². The van der Waals surface area contributed by atoms with Crippen molar-refractivity contribution in [3.63, 3.8) is 0 Å². The van der Waals surface area contributed by atoms with Crippen molar-refractivity contribution in [2.45, 2.75) is 64.1 Å². The Labute approximate surface area is 238 Å². The molecule has 1 atom stereocenters. The van der Waals surface area contributed by atoms with Crippen LogP contribution >= 0.6 is 27.5 Å². The normalized spacial score (nSPS) is 14.5. The van der Waals surface area contributed by atoms with Gasteiger partial charge in [0.25, 0.3) is 5.91 Å². The minimum Gasteiger partial charge on any atom is -0.484 e. The van der Waals surface area contributed by atoms with E-state index in [0.717, 1.165) is 46.8 Å². The van der Waals surface area contributed by atoms with Gasteiger partial charge in [-0.15, -0.1) is 0 Å². The summed E-state index contributed by atoms with van der Waals surface area (Å²) in [5.41, 5.74) is 2.81. The van der Waals surface area contributed by atoms with Gasteiger partial charge in [-0.2, -0.15) is 0 Å². The lowest BCUT2D eigenvalue weighted by Gasteiger charge is -2.33. The third-order valence-corrected chi connectivity index (χ3v) is 7.93. The fourth-order valence-corrected chi connectivity index (χ4v) is 5.20. The molecule has 4 rings (SSSR count). The minimum atomic E-state index is -0.675. The Morgan fingerprint density at radius 3 is 2.39 bits per heavy atom. The maximum absolute atomic E-state index is 13.8. The summed E-state index contributed by atoms with van der Waals surface area (Å²) in [6, 6.07) is 22.5. The molecule has 1 aliphatic carbocycles. The van der Waals surface area contributed by atoms with Crippen LogP contribution in [0.1, 0.15) is 48.8 Å². The Hall–Kier alpha value is -2.83. The number of amides is 2. The zero-order valence-corrected chi connectivity index (χ0v) is 24.0. The molecule has 1 aliphatic rings. The Kier molecular flexibility index (Phi) is 10.2. The molecule has 2 amide bonds. The van der Waals surface area contributed by atoms with Crippen molar-refractivity contribution in [2.75, 3.05) is 6.61 Å². The van der Waals surface area contributed by atoms with Crippen molar-refractivity contribution in [3.05, 3.63) is 99.0 Å². The number of ether oxygens (including phenoxy) is 1. The van der Waals surface area contributed by atoms with Gasteiger partial charge in [-0.1, -0.05) is 89.3 Å². The fourth-order valence-electron chi connectivity index (χ4n) is 4.82. The molecule has 0 heterocycles. The summed E-state index contributed by atoms with van der Waals surface area (Å²) in [6.45, 7) is 2.01. The molecule has 38 heavy (non-hydrogen) atoms. The summed E-state index contributed by atoms with van der Waals surface area (Å²) in [7, 11) is 0. The zero-order chi connectivity index (χ0) is 26.9. The van der Waals surface area contributed by atoms with Crippen LogP contribution in [-0.4, -0.2) is 35.4 Å². The van der Waals surface area contributed by atoms with Crippen molar-refractivity contribution in [3.8, 4) is 5.75 Å². The molecule has 1 saturated carbocycles. The van der Waals surface area contributed by atoms with E-state index in [1.54, 1.807) is 17.0 Å².